The summed E-state index contributed by atoms with van der Waals surface area (Å²) in [7, 11) is -5.25. The summed E-state index contributed by atoms with van der Waals surface area (Å²) in [5.74, 6) is -0.585. The van der Waals surface area contributed by atoms with Crippen molar-refractivity contribution in [3.05, 3.63) is 60.8 Å². The maximum atomic E-state index is 12.0. The van der Waals surface area contributed by atoms with Crippen LogP contribution in [0.15, 0.2) is 60.8 Å². The Morgan fingerprint density at radius 3 is 1.70 bits per heavy atom. The number of unbranched alkanes of at least 4 members (excludes halogenated alkanes) is 1. The zero-order valence-corrected chi connectivity index (χ0v) is 27.9. The molecule has 0 aromatic rings. The average molecular weight is 641 g/mol. The summed E-state index contributed by atoms with van der Waals surface area (Å²) in [5.41, 5.74) is 0. The maximum Gasteiger partial charge on any atom is 1.00 e. The van der Waals surface area contributed by atoms with E-state index in [4.69, 9.17) is 4.74 Å². The van der Waals surface area contributed by atoms with E-state index in [1.807, 2.05) is 12.2 Å². The second-order valence-electron chi connectivity index (χ2n) is 9.70. The summed E-state index contributed by atoms with van der Waals surface area (Å²) in [6, 6.07) is 0. The van der Waals surface area contributed by atoms with Gasteiger partial charge in [0, 0.05) is 6.42 Å². The van der Waals surface area contributed by atoms with Gasteiger partial charge in [-0.3, -0.25) is 9.36 Å². The average Bonchev–Trinajstić information content (AvgIpc) is 2.96. The Morgan fingerprint density at radius 1 is 0.767 bits per heavy atom. The Morgan fingerprint density at radius 2 is 1.21 bits per heavy atom. The monoisotopic (exact) mass is 640 g/mol. The maximum absolute atomic E-state index is 12.0. The van der Waals surface area contributed by atoms with Crippen LogP contribution in [0.2, 0.25) is 0 Å². The van der Waals surface area contributed by atoms with Gasteiger partial charge in [0.25, 0.3) is 7.82 Å². The number of hydrogen-bond acceptors (Lipinski definition) is 12. The van der Waals surface area contributed by atoms with Crippen molar-refractivity contribution in [1.29, 1.82) is 0 Å². The van der Waals surface area contributed by atoms with E-state index in [0.717, 1.165) is 32.1 Å². The second kappa shape index (κ2) is 24.3. The predicted octanol–water partition coefficient (Wildman–Crippen LogP) is -1.50. The predicted molar refractivity (Wildman–Crippen MR) is 154 cm³/mol. The fraction of sp³-hybridized carbons (Fsp3) is 0.621. The molecule has 0 aromatic carbocycles. The van der Waals surface area contributed by atoms with Crippen molar-refractivity contribution in [1.82, 2.24) is 0 Å². The summed E-state index contributed by atoms with van der Waals surface area (Å²) in [4.78, 5) is 23.9. The molecule has 0 spiro atoms. The van der Waals surface area contributed by atoms with Crippen molar-refractivity contribution in [2.45, 2.75) is 101 Å². The van der Waals surface area contributed by atoms with Crippen LogP contribution < -0.4 is 34.5 Å². The van der Waals surface area contributed by atoms with Gasteiger partial charge in [-0.05, 0) is 44.9 Å². The number of ether oxygens (including phenoxy) is 1. The van der Waals surface area contributed by atoms with E-state index in [9.17, 15) is 44.9 Å². The molecule has 6 N–H and O–H groups in total. The first kappa shape index (κ1) is 42.0. The van der Waals surface area contributed by atoms with Crippen LogP contribution in [-0.2, 0) is 23.1 Å². The summed E-state index contributed by atoms with van der Waals surface area (Å²) in [6.45, 7) is 0.710. The molecule has 0 amide bonds. The Hall–Kier alpha value is -0.960. The molecular formula is C29H46NaO12P. The van der Waals surface area contributed by atoms with Gasteiger partial charge in [0.2, 0.25) is 0 Å². The first-order chi connectivity index (χ1) is 20.0. The van der Waals surface area contributed by atoms with E-state index in [2.05, 4.69) is 64.6 Å². The van der Waals surface area contributed by atoms with Gasteiger partial charge in [0.1, 0.15) is 49.3 Å². The third-order valence-corrected chi connectivity index (χ3v) is 7.06. The first-order valence-corrected chi connectivity index (χ1v) is 15.6. The molecule has 0 bridgehead atoms. The van der Waals surface area contributed by atoms with Crippen LogP contribution in [0.4, 0.5) is 0 Å². The van der Waals surface area contributed by atoms with Crippen LogP contribution in [0.1, 0.15) is 58.3 Å². The molecule has 0 saturated heterocycles. The van der Waals surface area contributed by atoms with Crippen molar-refractivity contribution < 1.29 is 88.2 Å². The van der Waals surface area contributed by atoms with Gasteiger partial charge in [-0.15, -0.1) is 0 Å². The summed E-state index contributed by atoms with van der Waals surface area (Å²) >= 11 is 0. The van der Waals surface area contributed by atoms with Crippen molar-refractivity contribution in [2.24, 2.45) is 0 Å². The largest absolute Gasteiger partial charge is 1.00 e. The molecule has 1 rings (SSSR count). The Bertz CT molecular complexity index is 938. The number of allylic oxidation sites excluding steroid dienone is 10. The van der Waals surface area contributed by atoms with Crippen LogP contribution in [0.25, 0.3) is 0 Å². The number of rotatable bonds is 20. The minimum atomic E-state index is -5.25. The zero-order chi connectivity index (χ0) is 31.4. The smallest absolute Gasteiger partial charge is 0.756 e. The van der Waals surface area contributed by atoms with Crippen LogP contribution in [-0.4, -0.2) is 92.5 Å². The molecular weight excluding hydrogens is 594 g/mol. The van der Waals surface area contributed by atoms with E-state index in [1.54, 1.807) is 0 Å². The normalized spacial score (nSPS) is 26.9. The van der Waals surface area contributed by atoms with E-state index in [0.29, 0.717) is 12.8 Å². The molecule has 240 valence electrons. The molecule has 0 aromatic heterocycles. The van der Waals surface area contributed by atoms with Crippen LogP contribution in [0, 0.1) is 0 Å². The molecule has 0 heterocycles. The molecule has 0 radical (unpaired) electrons. The molecule has 1 fully saturated rings. The number of aliphatic hydroxyl groups excluding tert-OH is 6. The molecule has 1 aliphatic rings. The third-order valence-electron chi connectivity index (χ3n) is 6.09. The quantitative estimate of drug-likeness (QED) is 0.0296. The fourth-order valence-electron chi connectivity index (χ4n) is 3.72. The Balaban J connectivity index is 0.0000176. The number of phosphoric ester groups is 1. The fourth-order valence-corrected chi connectivity index (χ4v) is 4.68. The van der Waals surface area contributed by atoms with Crippen LogP contribution in [0.3, 0.4) is 0 Å². The summed E-state index contributed by atoms with van der Waals surface area (Å²) in [5, 5.41) is 58.4. The molecule has 43 heavy (non-hydrogen) atoms. The third kappa shape index (κ3) is 18.6. The van der Waals surface area contributed by atoms with Crippen LogP contribution in [0.5, 0.6) is 0 Å². The molecule has 12 nitrogen and oxygen atoms in total. The molecule has 1 saturated carbocycles. The number of esters is 1. The van der Waals surface area contributed by atoms with E-state index in [1.165, 1.54) is 0 Å². The summed E-state index contributed by atoms with van der Waals surface area (Å²) < 4.78 is 25.9. The standard InChI is InChI=1S/C29H47O12P.Na/c1-2-3-4-5-6-7-8-9-10-11-12-13-14-15-16-17-18-19-23(31)39-20-22(30)21-40-42(37,38)41-29-27(35)25(33)24(32)26(34)28(29)36;/h3-4,6-7,9-10,12-13,15-16,22,24-30,32-36H,2,5,8,11,14,17-21H2,1H3,(H,37,38);/q;+1/p-1/b4-3-,7-6-,10-9-,13-12-,16-15-;. The Labute approximate surface area is 276 Å². The number of phosphoric acid groups is 1. The number of aliphatic hydroxyl groups is 6. The van der Waals surface area contributed by atoms with Gasteiger partial charge in [-0.2, -0.15) is 0 Å². The van der Waals surface area contributed by atoms with E-state index >= 15 is 0 Å². The minimum Gasteiger partial charge on any atom is -0.756 e. The molecule has 1 aliphatic carbocycles. The first-order valence-electron chi connectivity index (χ1n) is 14.1. The van der Waals surface area contributed by atoms with Gasteiger partial charge in [0.05, 0.1) is 6.61 Å². The van der Waals surface area contributed by atoms with Gasteiger partial charge in [0.15, 0.2) is 0 Å². The van der Waals surface area contributed by atoms with E-state index in [-0.39, 0.29) is 36.0 Å². The molecule has 6 atom stereocenters. The van der Waals surface area contributed by atoms with Gasteiger partial charge in [-0.1, -0.05) is 67.7 Å². The van der Waals surface area contributed by atoms with Gasteiger partial charge >= 0.3 is 35.5 Å². The van der Waals surface area contributed by atoms with Crippen molar-refractivity contribution in [3.63, 3.8) is 0 Å². The number of carbonyl (C=O) groups excluding carboxylic acids is 1. The van der Waals surface area contributed by atoms with Gasteiger partial charge < -0.3 is 49.3 Å². The molecule has 0 aliphatic heterocycles. The van der Waals surface area contributed by atoms with Crippen molar-refractivity contribution >= 4 is 13.8 Å². The number of hydrogen-bond donors (Lipinski definition) is 6. The second-order valence-corrected chi connectivity index (χ2v) is 11.1. The van der Waals surface area contributed by atoms with Gasteiger partial charge in [-0.25, -0.2) is 0 Å². The summed E-state index contributed by atoms with van der Waals surface area (Å²) in [6.07, 6.45) is 13.3. The zero-order valence-electron chi connectivity index (χ0n) is 25.0. The van der Waals surface area contributed by atoms with Crippen molar-refractivity contribution in [3.8, 4) is 0 Å². The molecule has 6 unspecified atom stereocenters. The molecule has 14 heteroatoms. The van der Waals surface area contributed by atoms with Crippen molar-refractivity contribution in [2.75, 3.05) is 13.2 Å². The number of carbonyl (C=O) groups is 1. The Kier molecular flexibility index (Phi) is 23.8. The van der Waals surface area contributed by atoms with Crippen LogP contribution >= 0.6 is 7.82 Å². The van der Waals surface area contributed by atoms with E-state index < -0.39 is 69.7 Å². The SMILES string of the molecule is CC/C=C\C/C=C\C/C=C\C/C=C\C/C=C\CCCC(=O)OCC(O)COP(=O)([O-])OC1C(O)C(O)C(O)C(O)C1O.[Na+]. The topological polar surface area (TPSA) is 206 Å². The minimum absolute atomic E-state index is 0.